The lowest BCUT2D eigenvalue weighted by Gasteiger charge is -2.08. The summed E-state index contributed by atoms with van der Waals surface area (Å²) in [7, 11) is 0. The fourth-order valence-electron chi connectivity index (χ4n) is 1.61. The largest absolute Gasteiger partial charge is 0.379 e. The third-order valence-corrected chi connectivity index (χ3v) is 2.99. The van der Waals surface area contributed by atoms with Crippen molar-refractivity contribution in [3.05, 3.63) is 63.9 Å². The van der Waals surface area contributed by atoms with Gasteiger partial charge < -0.3 is 5.32 Å². The summed E-state index contributed by atoms with van der Waals surface area (Å²) in [6, 6.07) is 13.1. The topological polar surface area (TPSA) is 12.0 Å². The van der Waals surface area contributed by atoms with Crippen LogP contribution in [0.3, 0.4) is 0 Å². The first kappa shape index (κ1) is 12.1. The van der Waals surface area contributed by atoms with E-state index in [1.165, 1.54) is 6.07 Å². The Morgan fingerprint density at radius 2 is 2.00 bits per heavy atom. The Labute approximate surface area is 109 Å². The van der Waals surface area contributed by atoms with Crippen LogP contribution in [0.15, 0.2) is 46.9 Å². The van der Waals surface area contributed by atoms with Gasteiger partial charge in [0.15, 0.2) is 0 Å². The maximum atomic E-state index is 13.6. The second kappa shape index (κ2) is 5.32. The van der Waals surface area contributed by atoms with Gasteiger partial charge in [0.1, 0.15) is 5.82 Å². The van der Waals surface area contributed by atoms with Gasteiger partial charge in [-0.15, -0.1) is 0 Å². The third-order valence-electron chi connectivity index (χ3n) is 2.50. The highest BCUT2D eigenvalue weighted by molar-refractivity contribution is 9.10. The molecular formula is C14H13BrFN. The van der Waals surface area contributed by atoms with Crippen molar-refractivity contribution < 1.29 is 4.39 Å². The highest BCUT2D eigenvalue weighted by Crippen LogP contribution is 2.17. The highest BCUT2D eigenvalue weighted by Gasteiger charge is 2.01. The number of benzene rings is 2. The molecule has 1 nitrogen and oxygen atoms in total. The summed E-state index contributed by atoms with van der Waals surface area (Å²) in [6.45, 7) is 2.49. The van der Waals surface area contributed by atoms with E-state index in [2.05, 4.69) is 21.2 Å². The van der Waals surface area contributed by atoms with Gasteiger partial charge in [-0.25, -0.2) is 4.39 Å². The van der Waals surface area contributed by atoms with Gasteiger partial charge in [-0.2, -0.15) is 0 Å². The van der Waals surface area contributed by atoms with Gasteiger partial charge in [0.25, 0.3) is 0 Å². The van der Waals surface area contributed by atoms with Crippen LogP contribution < -0.4 is 5.32 Å². The van der Waals surface area contributed by atoms with Crippen molar-refractivity contribution in [2.45, 2.75) is 13.5 Å². The Morgan fingerprint density at radius 1 is 1.18 bits per heavy atom. The van der Waals surface area contributed by atoms with Crippen LogP contribution in [-0.4, -0.2) is 0 Å². The van der Waals surface area contributed by atoms with Crippen LogP contribution in [-0.2, 0) is 6.54 Å². The lowest BCUT2D eigenvalue weighted by atomic mass is 10.2. The van der Waals surface area contributed by atoms with Gasteiger partial charge in [0.05, 0.1) is 5.69 Å². The highest BCUT2D eigenvalue weighted by atomic mass is 79.9. The van der Waals surface area contributed by atoms with Crippen molar-refractivity contribution >= 4 is 21.6 Å². The van der Waals surface area contributed by atoms with E-state index in [9.17, 15) is 4.39 Å². The van der Waals surface area contributed by atoms with Gasteiger partial charge in [0, 0.05) is 11.0 Å². The summed E-state index contributed by atoms with van der Waals surface area (Å²) >= 11 is 3.41. The first-order valence-corrected chi connectivity index (χ1v) is 6.19. The number of hydrogen-bond acceptors (Lipinski definition) is 1. The zero-order valence-corrected chi connectivity index (χ0v) is 11.1. The normalized spacial score (nSPS) is 10.3. The first-order chi connectivity index (χ1) is 8.15. The fraction of sp³-hybridized carbons (Fsp3) is 0.143. The van der Waals surface area contributed by atoms with E-state index in [0.29, 0.717) is 12.2 Å². The summed E-state index contributed by atoms with van der Waals surface area (Å²) in [6.07, 6.45) is 0. The summed E-state index contributed by atoms with van der Waals surface area (Å²) < 4.78 is 14.6. The van der Waals surface area contributed by atoms with E-state index < -0.39 is 0 Å². The lowest BCUT2D eigenvalue weighted by Crippen LogP contribution is -2.01. The number of hydrogen-bond donors (Lipinski definition) is 1. The molecule has 2 aromatic carbocycles. The van der Waals surface area contributed by atoms with E-state index in [1.807, 2.05) is 37.3 Å². The Morgan fingerprint density at radius 3 is 2.71 bits per heavy atom. The number of anilines is 1. The zero-order valence-electron chi connectivity index (χ0n) is 9.50. The number of aryl methyl sites for hydroxylation is 1. The number of rotatable bonds is 3. The van der Waals surface area contributed by atoms with Crippen LogP contribution in [0.4, 0.5) is 10.1 Å². The molecule has 0 atom stereocenters. The van der Waals surface area contributed by atoms with Gasteiger partial charge in [-0.3, -0.25) is 0 Å². The minimum absolute atomic E-state index is 0.208. The number of nitrogens with one attached hydrogen (secondary N) is 1. The Hall–Kier alpha value is -1.35. The number of halogens is 2. The molecule has 0 unspecified atom stereocenters. The van der Waals surface area contributed by atoms with Gasteiger partial charge >= 0.3 is 0 Å². The molecule has 0 saturated carbocycles. The molecule has 3 heteroatoms. The summed E-state index contributed by atoms with van der Waals surface area (Å²) in [5.41, 5.74) is 2.57. The van der Waals surface area contributed by atoms with E-state index >= 15 is 0 Å². The predicted molar refractivity (Wildman–Crippen MR) is 72.6 cm³/mol. The maximum Gasteiger partial charge on any atom is 0.146 e. The maximum absolute atomic E-state index is 13.6. The minimum Gasteiger partial charge on any atom is -0.379 e. The van der Waals surface area contributed by atoms with E-state index in [-0.39, 0.29) is 5.82 Å². The summed E-state index contributed by atoms with van der Waals surface area (Å²) in [5.74, 6) is -0.208. The molecule has 0 aliphatic heterocycles. The van der Waals surface area contributed by atoms with E-state index in [0.717, 1.165) is 15.6 Å². The monoisotopic (exact) mass is 293 g/mol. The van der Waals surface area contributed by atoms with Crippen molar-refractivity contribution in [3.8, 4) is 0 Å². The second-order valence-electron chi connectivity index (χ2n) is 3.97. The lowest BCUT2D eigenvalue weighted by molar-refractivity contribution is 0.629. The molecule has 2 aromatic rings. The third kappa shape index (κ3) is 3.30. The summed E-state index contributed by atoms with van der Waals surface area (Å²) in [4.78, 5) is 0. The van der Waals surface area contributed by atoms with Crippen LogP contribution in [0.1, 0.15) is 11.1 Å². The zero-order chi connectivity index (χ0) is 12.3. The van der Waals surface area contributed by atoms with Crippen LogP contribution in [0.2, 0.25) is 0 Å². The molecule has 0 aromatic heterocycles. The van der Waals surface area contributed by atoms with Gasteiger partial charge in [0.2, 0.25) is 0 Å². The van der Waals surface area contributed by atoms with E-state index in [4.69, 9.17) is 0 Å². The smallest absolute Gasteiger partial charge is 0.146 e. The fourth-order valence-corrected chi connectivity index (χ4v) is 2.05. The molecular weight excluding hydrogens is 281 g/mol. The van der Waals surface area contributed by atoms with Crippen LogP contribution in [0.5, 0.6) is 0 Å². The van der Waals surface area contributed by atoms with Crippen molar-refractivity contribution in [2.75, 3.05) is 5.32 Å². The molecule has 0 heterocycles. The molecule has 0 aliphatic rings. The Kier molecular flexibility index (Phi) is 3.79. The molecule has 88 valence electrons. The van der Waals surface area contributed by atoms with Crippen molar-refractivity contribution in [1.29, 1.82) is 0 Å². The Balaban J connectivity index is 2.07. The van der Waals surface area contributed by atoms with E-state index in [1.54, 1.807) is 6.07 Å². The van der Waals surface area contributed by atoms with Crippen LogP contribution >= 0.6 is 15.9 Å². The van der Waals surface area contributed by atoms with Crippen molar-refractivity contribution in [1.82, 2.24) is 0 Å². The molecule has 0 aliphatic carbocycles. The Bertz CT molecular complexity index is 525. The van der Waals surface area contributed by atoms with Crippen LogP contribution in [0, 0.1) is 12.7 Å². The SMILES string of the molecule is Cc1ccc(NCc2cccc(Br)c2)c(F)c1. The standard InChI is InChI=1S/C14H13BrFN/c1-10-5-6-14(13(16)7-10)17-9-11-3-2-4-12(15)8-11/h2-8,17H,9H2,1H3. The minimum atomic E-state index is -0.208. The average Bonchev–Trinajstić information content (AvgIpc) is 2.28. The first-order valence-electron chi connectivity index (χ1n) is 5.39. The molecule has 2 rings (SSSR count). The predicted octanol–water partition coefficient (Wildman–Crippen LogP) is 4.51. The van der Waals surface area contributed by atoms with Crippen molar-refractivity contribution in [3.63, 3.8) is 0 Å². The average molecular weight is 294 g/mol. The molecule has 0 fully saturated rings. The molecule has 17 heavy (non-hydrogen) atoms. The van der Waals surface area contributed by atoms with Crippen LogP contribution in [0.25, 0.3) is 0 Å². The molecule has 1 N–H and O–H groups in total. The second-order valence-corrected chi connectivity index (χ2v) is 4.88. The molecule has 0 bridgehead atoms. The van der Waals surface area contributed by atoms with Gasteiger partial charge in [-0.1, -0.05) is 34.1 Å². The quantitative estimate of drug-likeness (QED) is 0.878. The molecule has 0 saturated heterocycles. The van der Waals surface area contributed by atoms with Gasteiger partial charge in [-0.05, 0) is 42.3 Å². The van der Waals surface area contributed by atoms with Crippen molar-refractivity contribution in [2.24, 2.45) is 0 Å². The molecule has 0 radical (unpaired) electrons. The summed E-state index contributed by atoms with van der Waals surface area (Å²) in [5, 5.41) is 3.09. The molecule has 0 spiro atoms. The molecule has 0 amide bonds.